The van der Waals surface area contributed by atoms with Crippen molar-refractivity contribution in [3.05, 3.63) is 34.6 Å². The van der Waals surface area contributed by atoms with Gasteiger partial charge < -0.3 is 4.74 Å². The van der Waals surface area contributed by atoms with Gasteiger partial charge in [-0.15, -0.1) is 0 Å². The fourth-order valence-corrected chi connectivity index (χ4v) is 2.68. The molecule has 0 saturated heterocycles. The molecule has 2 rings (SSSR count). The lowest BCUT2D eigenvalue weighted by Crippen LogP contribution is -2.01. The maximum absolute atomic E-state index is 5.95. The van der Waals surface area contributed by atoms with Crippen molar-refractivity contribution in [1.29, 1.82) is 0 Å². The van der Waals surface area contributed by atoms with Gasteiger partial charge in [-0.25, -0.2) is 0 Å². The third-order valence-corrected chi connectivity index (χ3v) is 3.39. The Morgan fingerprint density at radius 3 is 2.41 bits per heavy atom. The summed E-state index contributed by atoms with van der Waals surface area (Å²) in [5.41, 5.74) is 4.36. The first kappa shape index (κ1) is 12.5. The van der Waals surface area contributed by atoms with E-state index in [1.54, 1.807) is 0 Å². The molecule has 2 aliphatic rings. The van der Waals surface area contributed by atoms with Crippen LogP contribution in [0.25, 0.3) is 0 Å². The Morgan fingerprint density at radius 2 is 1.76 bits per heavy atom. The SMILES string of the molecule is CCCC1=[C]C2=C(CCC)C(CCC)=CC2O1. The minimum absolute atomic E-state index is 0.194. The summed E-state index contributed by atoms with van der Waals surface area (Å²) < 4.78 is 5.95. The average molecular weight is 231 g/mol. The molecule has 1 heteroatoms. The van der Waals surface area contributed by atoms with Crippen LogP contribution in [0, 0.1) is 6.08 Å². The van der Waals surface area contributed by atoms with E-state index in [9.17, 15) is 0 Å². The molecule has 1 heterocycles. The Kier molecular flexibility index (Phi) is 4.09. The number of rotatable bonds is 6. The highest BCUT2D eigenvalue weighted by Gasteiger charge is 2.30. The van der Waals surface area contributed by atoms with Crippen LogP contribution >= 0.6 is 0 Å². The lowest BCUT2D eigenvalue weighted by Gasteiger charge is -2.07. The van der Waals surface area contributed by atoms with Crippen LogP contribution in [-0.4, -0.2) is 6.10 Å². The molecule has 1 radical (unpaired) electrons. The van der Waals surface area contributed by atoms with Crippen molar-refractivity contribution in [2.45, 2.75) is 65.4 Å². The maximum atomic E-state index is 5.95. The number of fused-ring (bicyclic) bond motifs is 1. The van der Waals surface area contributed by atoms with E-state index < -0.39 is 0 Å². The smallest absolute Gasteiger partial charge is 0.143 e. The zero-order chi connectivity index (χ0) is 12.3. The van der Waals surface area contributed by atoms with E-state index in [0.717, 1.165) is 18.6 Å². The monoisotopic (exact) mass is 231 g/mol. The second-order valence-corrected chi connectivity index (χ2v) is 4.92. The molecule has 93 valence electrons. The Labute approximate surface area is 105 Å². The molecule has 0 spiro atoms. The molecule has 1 unspecified atom stereocenters. The van der Waals surface area contributed by atoms with E-state index in [1.807, 2.05) is 0 Å². The van der Waals surface area contributed by atoms with E-state index in [0.29, 0.717) is 0 Å². The Hall–Kier alpha value is -0.980. The Morgan fingerprint density at radius 1 is 1.06 bits per heavy atom. The van der Waals surface area contributed by atoms with Crippen molar-refractivity contribution in [3.8, 4) is 0 Å². The Bertz CT molecular complexity index is 371. The summed E-state index contributed by atoms with van der Waals surface area (Å²) in [6, 6.07) is 0. The quantitative estimate of drug-likeness (QED) is 0.643. The second kappa shape index (κ2) is 5.57. The summed E-state index contributed by atoms with van der Waals surface area (Å²) in [5.74, 6) is 1.06. The van der Waals surface area contributed by atoms with Gasteiger partial charge in [-0.2, -0.15) is 0 Å². The fourth-order valence-electron chi connectivity index (χ4n) is 2.68. The first-order valence-electron chi connectivity index (χ1n) is 7.03. The van der Waals surface area contributed by atoms with Gasteiger partial charge in [-0.3, -0.25) is 0 Å². The molecule has 0 saturated carbocycles. The Balaban J connectivity index is 2.20. The molecule has 1 nitrogen and oxygen atoms in total. The van der Waals surface area contributed by atoms with E-state index in [2.05, 4.69) is 32.9 Å². The van der Waals surface area contributed by atoms with Crippen LogP contribution in [-0.2, 0) is 4.74 Å². The van der Waals surface area contributed by atoms with Gasteiger partial charge in [-0.1, -0.05) is 33.6 Å². The van der Waals surface area contributed by atoms with E-state index in [4.69, 9.17) is 4.74 Å². The molecule has 0 amide bonds. The van der Waals surface area contributed by atoms with Crippen molar-refractivity contribution >= 4 is 0 Å². The van der Waals surface area contributed by atoms with Crippen molar-refractivity contribution in [2.75, 3.05) is 0 Å². The summed E-state index contributed by atoms with van der Waals surface area (Å²) in [5, 5.41) is 0. The van der Waals surface area contributed by atoms with Crippen molar-refractivity contribution in [1.82, 2.24) is 0 Å². The molecule has 0 aromatic carbocycles. The van der Waals surface area contributed by atoms with Crippen LogP contribution in [0.3, 0.4) is 0 Å². The van der Waals surface area contributed by atoms with Gasteiger partial charge in [0.05, 0.1) is 0 Å². The van der Waals surface area contributed by atoms with E-state index in [-0.39, 0.29) is 6.10 Å². The number of hydrogen-bond donors (Lipinski definition) is 0. The van der Waals surface area contributed by atoms with Gasteiger partial charge >= 0.3 is 0 Å². The average Bonchev–Trinajstić information content (AvgIpc) is 2.80. The highest BCUT2D eigenvalue weighted by atomic mass is 16.5. The summed E-state index contributed by atoms with van der Waals surface area (Å²) in [6.45, 7) is 6.68. The van der Waals surface area contributed by atoms with Crippen molar-refractivity contribution < 1.29 is 4.74 Å². The minimum Gasteiger partial charge on any atom is -0.485 e. The highest BCUT2D eigenvalue weighted by Crippen LogP contribution is 2.39. The standard InChI is InChI=1S/C16H23O/c1-4-7-12-10-16-15(14(12)9-6-3)11-13(17-16)8-5-2/h10,16H,4-9H2,1-3H3. The third kappa shape index (κ3) is 2.48. The predicted octanol–water partition coefficient (Wildman–Crippen LogP) is 4.71. The van der Waals surface area contributed by atoms with Crippen LogP contribution in [0.5, 0.6) is 0 Å². The van der Waals surface area contributed by atoms with Gasteiger partial charge in [0.15, 0.2) is 0 Å². The number of hydrogen-bond acceptors (Lipinski definition) is 1. The van der Waals surface area contributed by atoms with Crippen LogP contribution in [0.1, 0.15) is 59.3 Å². The molecule has 0 fully saturated rings. The van der Waals surface area contributed by atoms with Gasteiger partial charge in [0.2, 0.25) is 0 Å². The molecule has 0 aromatic rings. The molecule has 1 aliphatic carbocycles. The summed E-state index contributed by atoms with van der Waals surface area (Å²) in [7, 11) is 0. The summed E-state index contributed by atoms with van der Waals surface area (Å²) in [6.07, 6.45) is 12.9. The number of ether oxygens (including phenoxy) is 1. The fraction of sp³-hybridized carbons (Fsp3) is 0.625. The molecule has 0 aromatic heterocycles. The first-order valence-corrected chi connectivity index (χ1v) is 7.03. The van der Waals surface area contributed by atoms with Gasteiger partial charge in [0.1, 0.15) is 11.9 Å². The zero-order valence-electron chi connectivity index (χ0n) is 11.3. The molecule has 1 aliphatic heterocycles. The molecule has 0 bridgehead atoms. The number of allylic oxidation sites excluding steroid dienone is 3. The van der Waals surface area contributed by atoms with Gasteiger partial charge in [0, 0.05) is 18.1 Å². The summed E-state index contributed by atoms with van der Waals surface area (Å²) in [4.78, 5) is 0. The molecule has 0 N–H and O–H groups in total. The topological polar surface area (TPSA) is 9.23 Å². The molecule has 1 atom stereocenters. The van der Waals surface area contributed by atoms with Crippen LogP contribution in [0.15, 0.2) is 28.6 Å². The van der Waals surface area contributed by atoms with Crippen LogP contribution in [0.4, 0.5) is 0 Å². The normalized spacial score (nSPS) is 22.4. The van der Waals surface area contributed by atoms with Gasteiger partial charge in [0.25, 0.3) is 0 Å². The molecular weight excluding hydrogens is 208 g/mol. The second-order valence-electron chi connectivity index (χ2n) is 4.92. The lowest BCUT2D eigenvalue weighted by molar-refractivity contribution is 0.195. The van der Waals surface area contributed by atoms with Crippen molar-refractivity contribution in [2.24, 2.45) is 0 Å². The maximum Gasteiger partial charge on any atom is 0.143 e. The molecular formula is C16H23O. The largest absolute Gasteiger partial charge is 0.485 e. The minimum atomic E-state index is 0.194. The van der Waals surface area contributed by atoms with Gasteiger partial charge in [-0.05, 0) is 36.5 Å². The highest BCUT2D eigenvalue weighted by molar-refractivity contribution is 5.51. The van der Waals surface area contributed by atoms with E-state index >= 15 is 0 Å². The first-order chi connectivity index (χ1) is 8.30. The third-order valence-electron chi connectivity index (χ3n) is 3.39. The zero-order valence-corrected chi connectivity index (χ0v) is 11.3. The lowest BCUT2D eigenvalue weighted by atomic mass is 9.97. The summed E-state index contributed by atoms with van der Waals surface area (Å²) >= 11 is 0. The van der Waals surface area contributed by atoms with Crippen LogP contribution < -0.4 is 0 Å². The van der Waals surface area contributed by atoms with E-state index in [1.165, 1.54) is 42.4 Å². The predicted molar refractivity (Wildman–Crippen MR) is 71.5 cm³/mol. The molecule has 17 heavy (non-hydrogen) atoms. The van der Waals surface area contributed by atoms with Crippen molar-refractivity contribution in [3.63, 3.8) is 0 Å². The van der Waals surface area contributed by atoms with Crippen LogP contribution in [0.2, 0.25) is 0 Å².